The molecule has 8 nitrogen and oxygen atoms in total. The van der Waals surface area contributed by atoms with Gasteiger partial charge in [0.25, 0.3) is 5.91 Å². The Kier molecular flexibility index (Phi) is 6.60. The highest BCUT2D eigenvalue weighted by molar-refractivity contribution is 5.93. The lowest BCUT2D eigenvalue weighted by molar-refractivity contribution is -0.130. The third kappa shape index (κ3) is 4.62. The van der Waals surface area contributed by atoms with Crippen molar-refractivity contribution in [3.05, 3.63) is 53.9 Å². The predicted octanol–water partition coefficient (Wildman–Crippen LogP) is 4.26. The number of aromatic nitrogens is 3. The monoisotopic (exact) mass is 560 g/mol. The molecular weight excluding hydrogens is 526 g/mol. The molecule has 3 aliphatic heterocycles. The third-order valence-corrected chi connectivity index (χ3v) is 9.29. The zero-order valence-electron chi connectivity index (χ0n) is 23.2. The molecular formula is C31H34F2N6O2. The van der Waals surface area contributed by atoms with Crippen LogP contribution < -0.4 is 9.64 Å². The molecule has 0 N–H and O–H groups in total. The molecule has 3 saturated heterocycles. The van der Waals surface area contributed by atoms with Gasteiger partial charge in [-0.15, -0.1) is 0 Å². The number of hydrogen-bond acceptors (Lipinski definition) is 7. The Balaban J connectivity index is 1.24. The van der Waals surface area contributed by atoms with Crippen molar-refractivity contribution in [2.75, 3.05) is 38.2 Å². The van der Waals surface area contributed by atoms with Crippen LogP contribution in [-0.4, -0.2) is 88.2 Å². The van der Waals surface area contributed by atoms with Crippen LogP contribution in [0.15, 0.2) is 42.7 Å². The topological polar surface area (TPSA) is 74.7 Å². The molecule has 5 heterocycles. The lowest BCUT2D eigenvalue weighted by atomic mass is 9.87. The molecule has 41 heavy (non-hydrogen) atoms. The summed E-state index contributed by atoms with van der Waals surface area (Å²) < 4.78 is 33.7. The first-order valence-corrected chi connectivity index (χ1v) is 14.6. The van der Waals surface area contributed by atoms with Crippen molar-refractivity contribution >= 4 is 22.8 Å². The summed E-state index contributed by atoms with van der Waals surface area (Å²) in [6.45, 7) is 4.86. The maximum Gasteiger partial charge on any atom is 0.320 e. The van der Waals surface area contributed by atoms with Crippen molar-refractivity contribution < 1.29 is 18.3 Å². The molecule has 10 heteroatoms. The number of rotatable bonds is 6. The second kappa shape index (κ2) is 10.3. The number of halogens is 2. The molecule has 0 bridgehead atoms. The van der Waals surface area contributed by atoms with E-state index in [-0.39, 0.29) is 30.7 Å². The number of ether oxygens (including phenoxy) is 1. The summed E-state index contributed by atoms with van der Waals surface area (Å²) in [4.78, 5) is 32.6. The maximum atomic E-state index is 14.0. The van der Waals surface area contributed by atoms with Gasteiger partial charge in [-0.1, -0.05) is 24.8 Å². The summed E-state index contributed by atoms with van der Waals surface area (Å²) >= 11 is 0. The van der Waals surface area contributed by atoms with Gasteiger partial charge >= 0.3 is 6.01 Å². The summed E-state index contributed by atoms with van der Waals surface area (Å²) in [5.41, 5.74) is 5.28. The van der Waals surface area contributed by atoms with Crippen LogP contribution in [0.3, 0.4) is 0 Å². The zero-order chi connectivity index (χ0) is 28.2. The number of anilines is 1. The number of carbonyl (C=O) groups is 1. The molecule has 214 valence electrons. The highest BCUT2D eigenvalue weighted by Crippen LogP contribution is 2.40. The number of aryl methyl sites for hydroxylation is 1. The molecule has 7 rings (SSSR count). The molecule has 3 fully saturated rings. The first-order chi connectivity index (χ1) is 19.9. The maximum absolute atomic E-state index is 14.0. The van der Waals surface area contributed by atoms with Crippen LogP contribution in [0.25, 0.3) is 22.3 Å². The second-order valence-electron chi connectivity index (χ2n) is 11.8. The second-order valence-corrected chi connectivity index (χ2v) is 11.8. The summed E-state index contributed by atoms with van der Waals surface area (Å²) in [6, 6.07) is 10.6. The van der Waals surface area contributed by atoms with E-state index in [1.807, 2.05) is 24.1 Å². The number of pyridine rings is 1. The van der Waals surface area contributed by atoms with Gasteiger partial charge in [0, 0.05) is 31.2 Å². The minimum absolute atomic E-state index is 0.0123. The van der Waals surface area contributed by atoms with Crippen molar-refractivity contribution in [3.63, 3.8) is 0 Å². The Morgan fingerprint density at radius 1 is 1.10 bits per heavy atom. The zero-order valence-corrected chi connectivity index (χ0v) is 23.2. The van der Waals surface area contributed by atoms with Crippen LogP contribution in [0.4, 0.5) is 14.6 Å². The molecule has 4 atom stereocenters. The Morgan fingerprint density at radius 2 is 1.95 bits per heavy atom. The van der Waals surface area contributed by atoms with E-state index in [1.54, 1.807) is 4.90 Å². The van der Waals surface area contributed by atoms with E-state index in [4.69, 9.17) is 19.7 Å². The SMILES string of the molecule is C=C(F)C(=O)N1CC[C@@H]2[C@H]1CN2c1nc(OC[C@@H]2C[C@@H](F)CN2C)nc2nc(-c3cccc4c3CCCC4)ccc12. The van der Waals surface area contributed by atoms with Gasteiger partial charge in [-0.05, 0) is 68.8 Å². The highest BCUT2D eigenvalue weighted by atomic mass is 19.1. The van der Waals surface area contributed by atoms with Gasteiger partial charge in [0.1, 0.15) is 18.6 Å². The van der Waals surface area contributed by atoms with Crippen molar-refractivity contribution in [1.29, 1.82) is 0 Å². The number of hydrogen-bond donors (Lipinski definition) is 0. The summed E-state index contributed by atoms with van der Waals surface area (Å²) in [5, 5.41) is 0.797. The summed E-state index contributed by atoms with van der Waals surface area (Å²) in [7, 11) is 1.90. The molecule has 0 spiro atoms. The van der Waals surface area contributed by atoms with Gasteiger partial charge < -0.3 is 14.5 Å². The third-order valence-electron chi connectivity index (χ3n) is 9.29. The normalized spacial score (nSPS) is 25.6. The number of amides is 1. The number of likely N-dealkylation sites (N-methyl/N-ethyl adjacent to an activating group) is 1. The summed E-state index contributed by atoms with van der Waals surface area (Å²) in [5.74, 6) is -0.880. The average Bonchev–Trinajstić information content (AvgIpc) is 3.47. The fraction of sp³-hybridized carbons (Fsp3) is 0.484. The molecule has 0 radical (unpaired) electrons. The number of alkyl halides is 1. The van der Waals surface area contributed by atoms with Crippen LogP contribution in [0.1, 0.15) is 36.8 Å². The Bertz CT molecular complexity index is 1530. The number of benzene rings is 1. The van der Waals surface area contributed by atoms with E-state index < -0.39 is 17.9 Å². The molecule has 0 saturated carbocycles. The quantitative estimate of drug-likeness (QED) is 0.417. The van der Waals surface area contributed by atoms with Crippen molar-refractivity contribution in [2.45, 2.75) is 62.8 Å². The standard InChI is InChI=1S/C31H34F2N6O2/c1-18(32)30(40)38-13-12-26-27(38)16-39(26)29-24-10-11-25(23-9-5-7-19-6-3-4-8-22(19)23)34-28(24)35-31(36-29)41-17-21-14-20(33)15-37(21)2/h5,7,9-11,20-21,26-27H,1,3-4,6,8,12-17H2,2H3/t20-,21+,26-,27-/m1/s1. The molecule has 3 aromatic rings. The highest BCUT2D eigenvalue weighted by Gasteiger charge is 2.50. The molecule has 4 aliphatic rings. The fourth-order valence-electron chi connectivity index (χ4n) is 7.08. The van der Waals surface area contributed by atoms with Crippen molar-refractivity contribution in [3.8, 4) is 17.3 Å². The van der Waals surface area contributed by atoms with Crippen LogP contribution in [-0.2, 0) is 17.6 Å². The Labute approximate surface area is 238 Å². The van der Waals surface area contributed by atoms with Crippen LogP contribution in [0, 0.1) is 0 Å². The van der Waals surface area contributed by atoms with E-state index in [0.29, 0.717) is 43.9 Å². The van der Waals surface area contributed by atoms with E-state index in [9.17, 15) is 13.6 Å². The molecule has 0 unspecified atom stereocenters. The number of nitrogens with zero attached hydrogens (tertiary/aromatic N) is 6. The first-order valence-electron chi connectivity index (χ1n) is 14.6. The van der Waals surface area contributed by atoms with E-state index in [1.165, 1.54) is 24.0 Å². The van der Waals surface area contributed by atoms with Crippen LogP contribution in [0.5, 0.6) is 6.01 Å². The van der Waals surface area contributed by atoms with E-state index in [2.05, 4.69) is 29.7 Å². The minimum atomic E-state index is -0.931. The van der Waals surface area contributed by atoms with Crippen LogP contribution >= 0.6 is 0 Å². The molecule has 1 aliphatic carbocycles. The van der Waals surface area contributed by atoms with E-state index >= 15 is 0 Å². The van der Waals surface area contributed by atoms with Gasteiger partial charge in [-0.3, -0.25) is 9.69 Å². The van der Waals surface area contributed by atoms with Crippen molar-refractivity contribution in [2.24, 2.45) is 0 Å². The number of carbonyl (C=O) groups excluding carboxylic acids is 1. The molecule has 1 aromatic carbocycles. The summed E-state index contributed by atoms with van der Waals surface area (Å²) in [6.07, 6.45) is 4.76. The van der Waals surface area contributed by atoms with E-state index in [0.717, 1.165) is 29.5 Å². The fourth-order valence-corrected chi connectivity index (χ4v) is 7.08. The van der Waals surface area contributed by atoms with Gasteiger partial charge in [0.15, 0.2) is 11.5 Å². The van der Waals surface area contributed by atoms with Crippen molar-refractivity contribution in [1.82, 2.24) is 24.8 Å². The smallest absolute Gasteiger partial charge is 0.320 e. The largest absolute Gasteiger partial charge is 0.462 e. The lowest BCUT2D eigenvalue weighted by Crippen LogP contribution is -2.63. The Hall–Kier alpha value is -3.66. The number of fused-ring (bicyclic) bond motifs is 3. The minimum Gasteiger partial charge on any atom is -0.462 e. The van der Waals surface area contributed by atoms with Gasteiger partial charge in [-0.2, -0.15) is 9.97 Å². The molecule has 1 amide bonds. The Morgan fingerprint density at radius 3 is 2.76 bits per heavy atom. The molecule has 2 aromatic heterocycles. The van der Waals surface area contributed by atoms with Gasteiger partial charge in [0.05, 0.1) is 23.2 Å². The number of likely N-dealkylation sites (tertiary alicyclic amines) is 2. The average molecular weight is 561 g/mol. The van der Waals surface area contributed by atoms with Gasteiger partial charge in [-0.25, -0.2) is 13.8 Å². The lowest BCUT2D eigenvalue weighted by Gasteiger charge is -2.47. The van der Waals surface area contributed by atoms with Crippen LogP contribution in [0.2, 0.25) is 0 Å². The van der Waals surface area contributed by atoms with Gasteiger partial charge in [0.2, 0.25) is 0 Å². The first kappa shape index (κ1) is 26.3. The predicted molar refractivity (Wildman–Crippen MR) is 152 cm³/mol.